The first kappa shape index (κ1) is 11.6. The van der Waals surface area contributed by atoms with E-state index in [4.69, 9.17) is 0 Å². The second-order valence-corrected chi connectivity index (χ2v) is 4.22. The highest BCUT2D eigenvalue weighted by Gasteiger charge is 2.05. The summed E-state index contributed by atoms with van der Waals surface area (Å²) in [4.78, 5) is 22.9. The zero-order valence-corrected chi connectivity index (χ0v) is 10.0. The summed E-state index contributed by atoms with van der Waals surface area (Å²) in [6, 6.07) is 1.77. The maximum absolute atomic E-state index is 12.0. The molecule has 5 heteroatoms. The van der Waals surface area contributed by atoms with Crippen molar-refractivity contribution >= 4 is 11.3 Å². The number of Topliss-reactive ketones (excluding diaryl/α,β-unsaturated/α-hetero) is 1. The molecule has 0 unspecified atom stereocenters. The fraction of sp³-hybridized carbons (Fsp3) is 0.417. The predicted molar refractivity (Wildman–Crippen MR) is 64.1 cm³/mol. The van der Waals surface area contributed by atoms with Crippen LogP contribution >= 0.6 is 0 Å². The molecule has 0 amide bonds. The minimum atomic E-state index is -0.0587. The first-order valence-electron chi connectivity index (χ1n) is 5.63. The van der Waals surface area contributed by atoms with Crippen molar-refractivity contribution in [2.75, 3.05) is 0 Å². The number of carbonyl (C=O) groups excluding carboxylic acids is 1. The smallest absolute Gasteiger partial charge is 0.276 e. The molecule has 0 bridgehead atoms. The molecule has 90 valence electrons. The van der Waals surface area contributed by atoms with Crippen molar-refractivity contribution in [3.63, 3.8) is 0 Å². The van der Waals surface area contributed by atoms with Crippen molar-refractivity contribution in [2.24, 2.45) is 0 Å². The first-order chi connectivity index (χ1) is 8.08. The van der Waals surface area contributed by atoms with Crippen LogP contribution in [0.1, 0.15) is 25.5 Å². The van der Waals surface area contributed by atoms with Crippen LogP contribution in [0.25, 0.3) is 5.52 Å². The number of rotatable bonds is 4. The number of ketones is 1. The molecule has 2 aromatic rings. The molecule has 0 N–H and O–H groups in total. The highest BCUT2D eigenvalue weighted by atomic mass is 16.1. The number of fused-ring (bicyclic) bond motifs is 1. The summed E-state index contributed by atoms with van der Waals surface area (Å²) >= 11 is 0. The van der Waals surface area contributed by atoms with E-state index in [0.29, 0.717) is 24.9 Å². The molecule has 2 aromatic heterocycles. The molecule has 17 heavy (non-hydrogen) atoms. The number of aromatic nitrogens is 3. The quantitative estimate of drug-likeness (QED) is 0.796. The minimum Gasteiger partial charge on any atom is -0.312 e. The molecule has 2 heterocycles. The molecular weight excluding hydrogens is 218 g/mol. The maximum Gasteiger partial charge on any atom is 0.276 e. The predicted octanol–water partition coefficient (Wildman–Crippen LogP) is 1.17. The fourth-order valence-corrected chi connectivity index (χ4v) is 1.82. The molecular formula is C12H15N3O2. The van der Waals surface area contributed by atoms with Gasteiger partial charge in [-0.3, -0.25) is 4.79 Å². The van der Waals surface area contributed by atoms with Gasteiger partial charge in [0.1, 0.15) is 11.3 Å². The van der Waals surface area contributed by atoms with E-state index in [-0.39, 0.29) is 11.3 Å². The molecule has 2 rings (SSSR count). The Kier molecular flexibility index (Phi) is 3.08. The van der Waals surface area contributed by atoms with Gasteiger partial charge in [0.25, 0.3) is 5.56 Å². The van der Waals surface area contributed by atoms with Crippen molar-refractivity contribution < 1.29 is 4.79 Å². The lowest BCUT2D eigenvalue weighted by atomic mass is 10.2. The van der Waals surface area contributed by atoms with Crippen LogP contribution in [0.3, 0.4) is 0 Å². The van der Waals surface area contributed by atoms with Gasteiger partial charge in [-0.15, -0.1) is 0 Å². The van der Waals surface area contributed by atoms with Gasteiger partial charge in [-0.05, 0) is 26.3 Å². The number of nitrogens with zero attached hydrogens (tertiary/aromatic N) is 3. The van der Waals surface area contributed by atoms with E-state index in [1.54, 1.807) is 34.5 Å². The van der Waals surface area contributed by atoms with Crippen LogP contribution < -0.4 is 5.56 Å². The number of hydrogen-bond acceptors (Lipinski definition) is 3. The van der Waals surface area contributed by atoms with Gasteiger partial charge in [0.15, 0.2) is 0 Å². The third-order valence-corrected chi connectivity index (χ3v) is 2.65. The average molecular weight is 233 g/mol. The van der Waals surface area contributed by atoms with Crippen molar-refractivity contribution in [1.82, 2.24) is 14.2 Å². The SMILES string of the molecule is CC(=O)CCCn1ccn2nc(C)cc2c1=O. The van der Waals surface area contributed by atoms with E-state index in [1.165, 1.54) is 0 Å². The van der Waals surface area contributed by atoms with Crippen LogP contribution in [0.2, 0.25) is 0 Å². The van der Waals surface area contributed by atoms with Gasteiger partial charge in [-0.2, -0.15) is 5.10 Å². The molecule has 0 aliphatic rings. The van der Waals surface area contributed by atoms with Crippen LogP contribution in [0, 0.1) is 6.92 Å². The molecule has 0 aromatic carbocycles. The van der Waals surface area contributed by atoms with Gasteiger partial charge in [-0.25, -0.2) is 4.52 Å². The Labute approximate surface area is 98.7 Å². The lowest BCUT2D eigenvalue weighted by Gasteiger charge is -2.04. The monoisotopic (exact) mass is 233 g/mol. The molecule has 0 aliphatic carbocycles. The Hall–Kier alpha value is -1.91. The van der Waals surface area contributed by atoms with Gasteiger partial charge in [-0.1, -0.05) is 0 Å². The number of hydrogen-bond donors (Lipinski definition) is 0. The van der Waals surface area contributed by atoms with Crippen LogP contribution in [-0.4, -0.2) is 20.0 Å². The Morgan fingerprint density at radius 3 is 2.88 bits per heavy atom. The molecule has 0 aliphatic heterocycles. The van der Waals surface area contributed by atoms with E-state index >= 15 is 0 Å². The molecule has 0 spiro atoms. The number of carbonyl (C=O) groups is 1. The van der Waals surface area contributed by atoms with Crippen molar-refractivity contribution in [3.8, 4) is 0 Å². The highest BCUT2D eigenvalue weighted by molar-refractivity contribution is 5.75. The summed E-state index contributed by atoms with van der Waals surface area (Å²) in [5.74, 6) is 0.152. The number of aryl methyl sites for hydroxylation is 2. The van der Waals surface area contributed by atoms with Crippen LogP contribution in [0.15, 0.2) is 23.3 Å². The Morgan fingerprint density at radius 1 is 1.41 bits per heavy atom. The maximum atomic E-state index is 12.0. The molecule has 0 saturated heterocycles. The second-order valence-electron chi connectivity index (χ2n) is 4.22. The Bertz CT molecular complexity index is 610. The summed E-state index contributed by atoms with van der Waals surface area (Å²) in [7, 11) is 0. The van der Waals surface area contributed by atoms with E-state index in [9.17, 15) is 9.59 Å². The van der Waals surface area contributed by atoms with Crippen LogP contribution in [0.5, 0.6) is 0 Å². The van der Waals surface area contributed by atoms with Crippen molar-refractivity contribution in [2.45, 2.75) is 33.2 Å². The molecule has 5 nitrogen and oxygen atoms in total. The van der Waals surface area contributed by atoms with E-state index in [1.807, 2.05) is 6.92 Å². The van der Waals surface area contributed by atoms with E-state index in [2.05, 4.69) is 5.10 Å². The summed E-state index contributed by atoms with van der Waals surface area (Å²) in [5.41, 5.74) is 1.34. The molecule has 0 atom stereocenters. The van der Waals surface area contributed by atoms with Crippen LogP contribution in [0.4, 0.5) is 0 Å². The van der Waals surface area contributed by atoms with Crippen molar-refractivity contribution in [3.05, 3.63) is 34.5 Å². The minimum absolute atomic E-state index is 0.0587. The second kappa shape index (κ2) is 4.53. The molecule has 0 saturated carbocycles. The third kappa shape index (κ3) is 2.43. The first-order valence-corrected chi connectivity index (χ1v) is 5.63. The van der Waals surface area contributed by atoms with Gasteiger partial charge in [0, 0.05) is 25.4 Å². The van der Waals surface area contributed by atoms with E-state index in [0.717, 1.165) is 5.69 Å². The van der Waals surface area contributed by atoms with Crippen LogP contribution in [-0.2, 0) is 11.3 Å². The lowest BCUT2D eigenvalue weighted by Crippen LogP contribution is -2.21. The van der Waals surface area contributed by atoms with Gasteiger partial charge in [0.05, 0.1) is 5.69 Å². The summed E-state index contributed by atoms with van der Waals surface area (Å²) in [5, 5.41) is 4.17. The summed E-state index contributed by atoms with van der Waals surface area (Å²) in [6.07, 6.45) is 4.67. The zero-order valence-electron chi connectivity index (χ0n) is 10.0. The fourth-order valence-electron chi connectivity index (χ4n) is 1.82. The highest BCUT2D eigenvalue weighted by Crippen LogP contribution is 2.01. The summed E-state index contributed by atoms with van der Waals surface area (Å²) in [6.45, 7) is 3.98. The zero-order chi connectivity index (χ0) is 12.4. The topological polar surface area (TPSA) is 56.4 Å². The largest absolute Gasteiger partial charge is 0.312 e. The molecule has 0 fully saturated rings. The van der Waals surface area contributed by atoms with Gasteiger partial charge >= 0.3 is 0 Å². The van der Waals surface area contributed by atoms with E-state index < -0.39 is 0 Å². The summed E-state index contributed by atoms with van der Waals surface area (Å²) < 4.78 is 3.21. The third-order valence-electron chi connectivity index (χ3n) is 2.65. The standard InChI is InChI=1S/C12H15N3O2/c1-9-8-11-12(17)14(5-3-4-10(2)16)6-7-15(11)13-9/h6-8H,3-5H2,1-2H3. The Balaban J connectivity index is 2.26. The lowest BCUT2D eigenvalue weighted by molar-refractivity contribution is -0.117. The Morgan fingerprint density at radius 2 is 2.18 bits per heavy atom. The van der Waals surface area contributed by atoms with Crippen molar-refractivity contribution in [1.29, 1.82) is 0 Å². The molecule has 0 radical (unpaired) electrons. The van der Waals surface area contributed by atoms with Gasteiger partial charge in [0.2, 0.25) is 0 Å². The van der Waals surface area contributed by atoms with Gasteiger partial charge < -0.3 is 9.36 Å². The average Bonchev–Trinajstić information content (AvgIpc) is 2.63. The normalized spacial score (nSPS) is 10.9.